The zero-order valence-electron chi connectivity index (χ0n) is 50.4. The van der Waals surface area contributed by atoms with Gasteiger partial charge in [-0.05, 0) is 155 Å². The number of hydrogen-bond acceptors (Lipinski definition) is 3. The van der Waals surface area contributed by atoms with Crippen molar-refractivity contribution in [2.45, 2.75) is 209 Å². The molecule has 0 fully saturated rings. The van der Waals surface area contributed by atoms with Crippen molar-refractivity contribution in [3.8, 4) is 66.8 Å². The highest BCUT2D eigenvalue weighted by atomic mass is 31.2. The summed E-state index contributed by atoms with van der Waals surface area (Å²) in [5.74, 6) is 0. The fourth-order valence-electron chi connectivity index (χ4n) is 12.1. The highest BCUT2D eigenvalue weighted by Crippen LogP contribution is 2.65. The minimum atomic E-state index is -3.20. The summed E-state index contributed by atoms with van der Waals surface area (Å²) in [6.45, 7) is 58.2. The van der Waals surface area contributed by atoms with Gasteiger partial charge in [0.05, 0.1) is 0 Å². The monoisotopic (exact) mass is 1050 g/mol. The largest absolute Gasteiger partial charge is 0.326 e. The van der Waals surface area contributed by atoms with Crippen LogP contribution in [0.5, 0.6) is 0 Å². The van der Waals surface area contributed by atoms with Crippen LogP contribution in [0, 0.1) is 0 Å². The van der Waals surface area contributed by atoms with E-state index in [9.17, 15) is 9.13 Å². The number of fused-ring (bicyclic) bond motifs is 4. The predicted molar refractivity (Wildman–Crippen MR) is 326 cm³/mol. The Bertz CT molecular complexity index is 2970. The Morgan fingerprint density at radius 1 is 0.267 bits per heavy atom. The zero-order valence-corrected chi connectivity index (χ0v) is 52.4. The second kappa shape index (κ2) is 20.5. The van der Waals surface area contributed by atoms with E-state index in [0.717, 1.165) is 0 Å². The Kier molecular flexibility index (Phi) is 16.3. The molecule has 0 radical (unpaired) electrons. The fourth-order valence-corrected chi connectivity index (χ4v) is 12.7. The van der Waals surface area contributed by atoms with Crippen molar-refractivity contribution < 1.29 is 23.2 Å². The summed E-state index contributed by atoms with van der Waals surface area (Å²) in [6.07, 6.45) is 0. The van der Waals surface area contributed by atoms with Crippen molar-refractivity contribution >= 4 is 16.5 Å². The van der Waals surface area contributed by atoms with Crippen molar-refractivity contribution in [2.75, 3.05) is 0 Å². The third-order valence-electron chi connectivity index (χ3n) is 14.7. The molecule has 7 heteroatoms. The molecule has 2 N–H and O–H groups in total. The van der Waals surface area contributed by atoms with Crippen molar-refractivity contribution in [2.24, 2.45) is 0 Å². The van der Waals surface area contributed by atoms with E-state index in [-0.39, 0.29) is 43.3 Å². The van der Waals surface area contributed by atoms with E-state index in [1.54, 1.807) is 0 Å². The third-order valence-corrected chi connectivity index (χ3v) is 16.1. The van der Waals surface area contributed by atoms with Crippen molar-refractivity contribution in [1.82, 2.24) is 0 Å². The molecule has 0 aromatic heterocycles. The Morgan fingerprint density at radius 3 is 0.587 bits per heavy atom. The van der Waals surface area contributed by atoms with Crippen molar-refractivity contribution in [3.63, 3.8) is 0 Å². The minimum absolute atomic E-state index is 0.0786. The molecule has 0 saturated carbocycles. The molecule has 75 heavy (non-hydrogen) atoms. The highest BCUT2D eigenvalue weighted by molar-refractivity contribution is 7.46. The van der Waals surface area contributed by atoms with Gasteiger partial charge in [0.1, 0.15) is 0 Å². The molecule has 6 aromatic rings. The fraction of sp³-hybridized carbons (Fsp3) is 0.471. The van der Waals surface area contributed by atoms with E-state index < -0.39 is 16.5 Å². The lowest BCUT2D eigenvalue weighted by molar-refractivity contribution is 0.371. The van der Waals surface area contributed by atoms with E-state index >= 15 is 0 Å². The molecular weight excluding hydrogens is 959 g/mol. The van der Waals surface area contributed by atoms with Gasteiger partial charge in [-0.1, -0.05) is 263 Å². The Hall–Kier alpha value is -4.34. The maximum Gasteiger partial charge on any atom is 0.323 e. The molecule has 0 spiro atoms. The second-order valence-electron chi connectivity index (χ2n) is 29.3. The van der Waals surface area contributed by atoms with Gasteiger partial charge < -0.3 is 9.79 Å². The molecule has 7 rings (SSSR count). The summed E-state index contributed by atoms with van der Waals surface area (Å²) in [4.78, 5) is 15.4. The first kappa shape index (κ1) is 59.9. The van der Waals surface area contributed by atoms with Crippen LogP contribution in [0.1, 0.15) is 211 Å². The smallest absolute Gasteiger partial charge is 0.323 e. The molecule has 0 saturated heterocycles. The van der Waals surface area contributed by atoms with Crippen LogP contribution >= 0.6 is 16.5 Å². The molecule has 0 amide bonds. The third kappa shape index (κ3) is 12.1. The minimum Gasteiger partial charge on any atom is -0.326 e. The van der Waals surface area contributed by atoms with Crippen LogP contribution in [0.2, 0.25) is 0 Å². The lowest BCUT2D eigenvalue weighted by atomic mass is 9.61. The summed E-state index contributed by atoms with van der Waals surface area (Å²) in [7, 11) is -6.40. The summed E-state index contributed by atoms with van der Waals surface area (Å²) in [5.41, 5.74) is 26.7. The maximum atomic E-state index is 9.44. The molecule has 0 heterocycles. The van der Waals surface area contributed by atoms with Gasteiger partial charge in [0, 0.05) is 0 Å². The molecule has 2 unspecified atom stereocenters. The van der Waals surface area contributed by atoms with E-state index in [2.05, 4.69) is 268 Å². The quantitative estimate of drug-likeness (QED) is 0.162. The lowest BCUT2D eigenvalue weighted by Gasteiger charge is -2.41. The topological polar surface area (TPSA) is 83.8 Å². The summed E-state index contributed by atoms with van der Waals surface area (Å²) in [5, 5.41) is 0. The first-order valence-electron chi connectivity index (χ1n) is 27.1. The average Bonchev–Trinajstić information content (AvgIpc) is 3.23. The van der Waals surface area contributed by atoms with Gasteiger partial charge in [0.25, 0.3) is 0 Å². The standard InChI is InChI=1S/C68H88.H4O5P2/c1-61(2,3)47-37-27-33-43(57(47)65(13,14)15)53-51-41-31-25-26-32-42(41)52(51)54(44-34-28-38-48(62(4,5)6)58(44)66(16,17)18)56(46-36-30-40-50(64(10,11)12)60(46)68(22,23)24)55(53)45-35-29-39-49(63(7,8)9)59(45)67(19,20)21;1-6(2)5-7(3)4/h25-40H,1-24H3;6-7H,(H,1,2)(H,3,4). The first-order valence-corrected chi connectivity index (χ1v) is 29.6. The van der Waals surface area contributed by atoms with E-state index in [1.807, 2.05) is 0 Å². The van der Waals surface area contributed by atoms with Crippen molar-refractivity contribution in [3.05, 3.63) is 142 Å². The van der Waals surface area contributed by atoms with Gasteiger partial charge in [-0.15, -0.1) is 0 Å². The first-order chi connectivity index (χ1) is 34.0. The van der Waals surface area contributed by atoms with Crippen LogP contribution in [0.4, 0.5) is 0 Å². The van der Waals surface area contributed by atoms with Crippen molar-refractivity contribution in [1.29, 1.82) is 0 Å². The summed E-state index contributed by atoms with van der Waals surface area (Å²) >= 11 is 0. The van der Waals surface area contributed by atoms with Crippen LogP contribution in [0.25, 0.3) is 66.8 Å². The number of benzene rings is 6. The predicted octanol–water partition coefficient (Wildman–Crippen LogP) is 20.1. The van der Waals surface area contributed by atoms with Crippen LogP contribution in [0.15, 0.2) is 97.1 Å². The van der Waals surface area contributed by atoms with E-state index in [0.29, 0.717) is 0 Å². The van der Waals surface area contributed by atoms with Gasteiger partial charge in [-0.3, -0.25) is 9.13 Å². The summed E-state index contributed by atoms with van der Waals surface area (Å²) in [6, 6.07) is 38.5. The van der Waals surface area contributed by atoms with Crippen LogP contribution < -0.4 is 0 Å². The molecule has 1 aliphatic carbocycles. The lowest BCUT2D eigenvalue weighted by Crippen LogP contribution is -2.26. The Balaban J connectivity index is 0.00000122. The molecule has 1 aliphatic rings. The summed E-state index contributed by atoms with van der Waals surface area (Å²) < 4.78 is 22.3. The Labute approximate surface area is 455 Å². The molecular formula is C68H92O5P2. The zero-order chi connectivity index (χ0) is 56.7. The number of rotatable bonds is 6. The Morgan fingerprint density at radius 2 is 0.440 bits per heavy atom. The van der Waals surface area contributed by atoms with Gasteiger partial charge in [-0.25, -0.2) is 4.31 Å². The average molecular weight is 1050 g/mol. The molecule has 5 nitrogen and oxygen atoms in total. The van der Waals surface area contributed by atoms with E-state index in [4.69, 9.17) is 9.79 Å². The van der Waals surface area contributed by atoms with Crippen LogP contribution in [0.3, 0.4) is 0 Å². The molecule has 6 aromatic carbocycles. The van der Waals surface area contributed by atoms with E-state index in [1.165, 1.54) is 111 Å². The molecule has 0 aliphatic heterocycles. The second-order valence-corrected chi connectivity index (χ2v) is 31.2. The molecule has 2 atom stereocenters. The van der Waals surface area contributed by atoms with Gasteiger partial charge in [-0.2, -0.15) is 0 Å². The highest BCUT2D eigenvalue weighted by Gasteiger charge is 2.43. The normalized spacial score (nSPS) is 14.3. The van der Waals surface area contributed by atoms with Gasteiger partial charge in [0.15, 0.2) is 0 Å². The van der Waals surface area contributed by atoms with Gasteiger partial charge >= 0.3 is 16.5 Å². The number of hydrogen-bond donors (Lipinski definition) is 2. The SMILES string of the molecule is CC(C)(C)c1cccc(-c2c3c(c(-c4cccc(C(C)(C)C)c4C(C)(C)C)c(-c4cccc(C(C)(C)C)c4C(C)(C)C)c2-c2cccc(C(C)(C)C)c2C(C)(C)C)-c2ccccc2-3)c1C(C)(C)C.O=[PH](O)O[PH](=O)O. The van der Waals surface area contributed by atoms with Crippen LogP contribution in [-0.4, -0.2) is 9.79 Å². The maximum absolute atomic E-state index is 9.44. The van der Waals surface area contributed by atoms with Gasteiger partial charge in [0.2, 0.25) is 0 Å². The molecule has 0 bridgehead atoms. The molecule has 404 valence electrons. The van der Waals surface area contributed by atoms with Crippen LogP contribution in [-0.2, 0) is 56.8 Å².